The van der Waals surface area contributed by atoms with Crippen molar-refractivity contribution in [1.82, 2.24) is 9.80 Å². The second kappa shape index (κ2) is 17.2. The highest BCUT2D eigenvalue weighted by Crippen LogP contribution is 2.34. The largest absolute Gasteiger partial charge is 0.469 e. The molecular formula is C38H52N2O8. The van der Waals surface area contributed by atoms with Crippen molar-refractivity contribution in [2.75, 3.05) is 27.3 Å². The van der Waals surface area contributed by atoms with E-state index in [1.54, 1.807) is 11.0 Å². The van der Waals surface area contributed by atoms with Gasteiger partial charge in [0.15, 0.2) is 0 Å². The van der Waals surface area contributed by atoms with Crippen LogP contribution in [-0.4, -0.2) is 72.4 Å². The topological polar surface area (TPSA) is 112 Å². The molecule has 2 heterocycles. The maximum atomic E-state index is 12.4. The molecule has 2 aliphatic rings. The van der Waals surface area contributed by atoms with Crippen molar-refractivity contribution in [3.05, 3.63) is 76.9 Å². The SMILES string of the molecule is COC(=O)/C=C/c1ccc([C@H]2CCCN2C(=O)OC(C)(C)C)cc1.COC(=O)CCc1ccc([C@H]2CCCN2C(=O)OC(C)(C)C)cc1. The van der Waals surface area contributed by atoms with Crippen molar-refractivity contribution in [3.63, 3.8) is 0 Å². The first-order valence-corrected chi connectivity index (χ1v) is 16.6. The van der Waals surface area contributed by atoms with Crippen LogP contribution in [-0.2, 0) is 35.0 Å². The molecule has 2 fully saturated rings. The number of carbonyl (C=O) groups excluding carboxylic acids is 4. The lowest BCUT2D eigenvalue weighted by Gasteiger charge is -2.29. The molecule has 262 valence electrons. The van der Waals surface area contributed by atoms with E-state index in [-0.39, 0.29) is 36.2 Å². The summed E-state index contributed by atoms with van der Waals surface area (Å²) in [4.78, 5) is 50.7. The number of benzene rings is 2. The number of esters is 2. The molecule has 48 heavy (non-hydrogen) atoms. The molecule has 2 aromatic rings. The van der Waals surface area contributed by atoms with Gasteiger partial charge < -0.3 is 28.7 Å². The fourth-order valence-electron chi connectivity index (χ4n) is 5.62. The summed E-state index contributed by atoms with van der Waals surface area (Å²) in [5, 5.41) is 0. The zero-order chi connectivity index (χ0) is 35.5. The average Bonchev–Trinajstić information content (AvgIpc) is 3.73. The number of hydrogen-bond donors (Lipinski definition) is 0. The van der Waals surface area contributed by atoms with Crippen LogP contribution in [0.5, 0.6) is 0 Å². The van der Waals surface area contributed by atoms with E-state index in [0.717, 1.165) is 54.5 Å². The molecule has 0 aromatic heterocycles. The van der Waals surface area contributed by atoms with Crippen LogP contribution >= 0.6 is 0 Å². The molecule has 0 unspecified atom stereocenters. The quantitative estimate of drug-likeness (QED) is 0.167. The molecule has 2 atom stereocenters. The molecule has 2 aromatic carbocycles. The van der Waals surface area contributed by atoms with E-state index in [9.17, 15) is 19.2 Å². The van der Waals surface area contributed by atoms with Crippen LogP contribution < -0.4 is 0 Å². The van der Waals surface area contributed by atoms with E-state index in [2.05, 4.69) is 9.47 Å². The number of likely N-dealkylation sites (tertiary alicyclic amines) is 2. The van der Waals surface area contributed by atoms with E-state index in [4.69, 9.17) is 9.47 Å². The van der Waals surface area contributed by atoms with Crippen LogP contribution in [0, 0.1) is 0 Å². The Kier molecular flexibility index (Phi) is 13.6. The minimum atomic E-state index is -0.493. The van der Waals surface area contributed by atoms with Gasteiger partial charge in [-0.1, -0.05) is 48.5 Å². The van der Waals surface area contributed by atoms with Gasteiger partial charge in [-0.25, -0.2) is 14.4 Å². The van der Waals surface area contributed by atoms with E-state index in [1.807, 2.05) is 95.0 Å². The predicted molar refractivity (Wildman–Crippen MR) is 184 cm³/mol. The maximum absolute atomic E-state index is 12.4. The first-order valence-electron chi connectivity index (χ1n) is 16.6. The minimum Gasteiger partial charge on any atom is -0.469 e. The van der Waals surface area contributed by atoms with Crippen molar-refractivity contribution in [3.8, 4) is 0 Å². The van der Waals surface area contributed by atoms with E-state index in [0.29, 0.717) is 19.4 Å². The Morgan fingerprint density at radius 1 is 0.708 bits per heavy atom. The maximum Gasteiger partial charge on any atom is 0.410 e. The Morgan fingerprint density at radius 2 is 1.17 bits per heavy atom. The second-order valence-electron chi connectivity index (χ2n) is 14.0. The predicted octanol–water partition coefficient (Wildman–Crippen LogP) is 7.81. The Hall–Kier alpha value is -4.34. The van der Waals surface area contributed by atoms with Gasteiger partial charge in [0.1, 0.15) is 11.2 Å². The summed E-state index contributed by atoms with van der Waals surface area (Å²) in [6, 6.07) is 16.1. The molecule has 0 N–H and O–H groups in total. The monoisotopic (exact) mass is 664 g/mol. The van der Waals surface area contributed by atoms with Crippen molar-refractivity contribution in [2.45, 2.75) is 103 Å². The van der Waals surface area contributed by atoms with Gasteiger partial charge in [-0.3, -0.25) is 4.79 Å². The molecule has 2 aliphatic heterocycles. The normalized spacial score (nSPS) is 17.8. The van der Waals surface area contributed by atoms with Gasteiger partial charge in [0.25, 0.3) is 0 Å². The molecule has 0 aliphatic carbocycles. The van der Waals surface area contributed by atoms with Gasteiger partial charge in [-0.15, -0.1) is 0 Å². The number of amides is 2. The number of carbonyl (C=O) groups is 4. The highest BCUT2D eigenvalue weighted by molar-refractivity contribution is 5.86. The lowest BCUT2D eigenvalue weighted by atomic mass is 10.0. The summed E-state index contributed by atoms with van der Waals surface area (Å²) in [5.41, 5.74) is 3.21. The van der Waals surface area contributed by atoms with Crippen molar-refractivity contribution in [2.24, 2.45) is 0 Å². The van der Waals surface area contributed by atoms with Crippen LogP contribution in [0.4, 0.5) is 9.59 Å². The summed E-state index contributed by atoms with van der Waals surface area (Å²) in [5.74, 6) is -0.586. The molecule has 4 rings (SSSR count). The standard InChI is InChI=1S/C19H27NO4.C19H25NO4/c2*1-19(2,3)24-18(22)20-13-5-6-16(20)15-10-7-14(8-11-15)9-12-17(21)23-4/h7-8,10-11,16H,5-6,9,12-13H2,1-4H3;7-12,16H,5-6,13H2,1-4H3/b;12-9+/t2*16-/m11/s1. The van der Waals surface area contributed by atoms with Gasteiger partial charge in [0, 0.05) is 25.6 Å². The third-order valence-corrected chi connectivity index (χ3v) is 7.91. The highest BCUT2D eigenvalue weighted by atomic mass is 16.6. The first kappa shape index (κ1) is 38.1. The number of aryl methyl sites for hydroxylation is 1. The van der Waals surface area contributed by atoms with Crippen LogP contribution in [0.2, 0.25) is 0 Å². The van der Waals surface area contributed by atoms with Crippen LogP contribution in [0.25, 0.3) is 6.08 Å². The van der Waals surface area contributed by atoms with E-state index >= 15 is 0 Å². The molecule has 0 saturated carbocycles. The molecule has 0 radical (unpaired) electrons. The van der Waals surface area contributed by atoms with Crippen LogP contribution in [0.1, 0.15) is 108 Å². The average molecular weight is 665 g/mol. The Bertz CT molecular complexity index is 1400. The summed E-state index contributed by atoms with van der Waals surface area (Å²) in [6.07, 6.45) is 7.43. The van der Waals surface area contributed by atoms with E-state index in [1.165, 1.54) is 20.3 Å². The lowest BCUT2D eigenvalue weighted by Crippen LogP contribution is -2.36. The molecular weight excluding hydrogens is 612 g/mol. The van der Waals surface area contributed by atoms with Gasteiger partial charge in [-0.2, -0.15) is 0 Å². The van der Waals surface area contributed by atoms with Crippen LogP contribution in [0.15, 0.2) is 54.6 Å². The zero-order valence-electron chi connectivity index (χ0n) is 29.7. The number of hydrogen-bond acceptors (Lipinski definition) is 8. The number of methoxy groups -OCH3 is 2. The van der Waals surface area contributed by atoms with Crippen molar-refractivity contribution in [1.29, 1.82) is 0 Å². The summed E-state index contributed by atoms with van der Waals surface area (Å²) >= 11 is 0. The summed E-state index contributed by atoms with van der Waals surface area (Å²) < 4.78 is 20.2. The zero-order valence-corrected chi connectivity index (χ0v) is 29.7. The number of nitrogens with zero attached hydrogens (tertiary/aromatic N) is 2. The number of ether oxygens (including phenoxy) is 4. The second-order valence-corrected chi connectivity index (χ2v) is 14.0. The fourth-order valence-corrected chi connectivity index (χ4v) is 5.62. The number of rotatable bonds is 7. The highest BCUT2D eigenvalue weighted by Gasteiger charge is 2.34. The van der Waals surface area contributed by atoms with Gasteiger partial charge >= 0.3 is 24.1 Å². The van der Waals surface area contributed by atoms with Crippen LogP contribution in [0.3, 0.4) is 0 Å². The molecule has 2 saturated heterocycles. The molecule has 0 spiro atoms. The smallest absolute Gasteiger partial charge is 0.410 e. The Balaban J connectivity index is 0.000000260. The molecule has 0 bridgehead atoms. The summed E-state index contributed by atoms with van der Waals surface area (Å²) in [7, 11) is 2.75. The first-order chi connectivity index (χ1) is 22.6. The van der Waals surface area contributed by atoms with E-state index < -0.39 is 11.2 Å². The Morgan fingerprint density at radius 3 is 1.58 bits per heavy atom. The Labute approximate surface area is 285 Å². The molecule has 10 nitrogen and oxygen atoms in total. The fraction of sp³-hybridized carbons (Fsp3) is 0.526. The lowest BCUT2D eigenvalue weighted by molar-refractivity contribution is -0.140. The van der Waals surface area contributed by atoms with Gasteiger partial charge in [-0.05, 0) is 102 Å². The molecule has 2 amide bonds. The molecule has 10 heteroatoms. The van der Waals surface area contributed by atoms with Gasteiger partial charge in [0.2, 0.25) is 0 Å². The van der Waals surface area contributed by atoms with Crippen molar-refractivity contribution >= 4 is 30.2 Å². The third-order valence-electron chi connectivity index (χ3n) is 7.91. The van der Waals surface area contributed by atoms with Crippen molar-refractivity contribution < 1.29 is 38.1 Å². The van der Waals surface area contributed by atoms with Gasteiger partial charge in [0.05, 0.1) is 26.3 Å². The third kappa shape index (κ3) is 12.0. The minimum absolute atomic E-state index is 0.0403. The summed E-state index contributed by atoms with van der Waals surface area (Å²) in [6.45, 7) is 12.7.